The van der Waals surface area contributed by atoms with E-state index in [9.17, 15) is 18.5 Å². The number of hydrogen-bond donors (Lipinski definition) is 0. The van der Waals surface area contributed by atoms with Crippen molar-refractivity contribution in [1.82, 2.24) is 0 Å². The van der Waals surface area contributed by atoms with Gasteiger partial charge < -0.3 is 0 Å². The fourth-order valence-electron chi connectivity index (χ4n) is 1.83. The van der Waals surface area contributed by atoms with E-state index in [4.69, 9.17) is 0 Å². The second kappa shape index (κ2) is 6.57. The predicted molar refractivity (Wildman–Crippen MR) is 90.0 cm³/mol. The summed E-state index contributed by atoms with van der Waals surface area (Å²) in [7, 11) is -1.89. The first-order valence-electron chi connectivity index (χ1n) is 6.60. The molecule has 8 heteroatoms. The minimum absolute atomic E-state index is 0.0143. The zero-order valence-corrected chi connectivity index (χ0v) is 13.4. The van der Waals surface area contributed by atoms with Crippen molar-refractivity contribution in [3.63, 3.8) is 0 Å². The molecule has 23 heavy (non-hydrogen) atoms. The summed E-state index contributed by atoms with van der Waals surface area (Å²) < 4.78 is 24.2. The maximum atomic E-state index is 11.5. The number of aliphatic imine (C=N–C) groups is 1. The third-order valence-corrected chi connectivity index (χ3v) is 4.34. The van der Waals surface area contributed by atoms with E-state index in [-0.39, 0.29) is 5.69 Å². The fraction of sp³-hybridized carbons (Fsp3) is 0.133. The lowest BCUT2D eigenvalue weighted by molar-refractivity contribution is -0.384. The summed E-state index contributed by atoms with van der Waals surface area (Å²) in [6.07, 6.45) is 2.61. The van der Waals surface area contributed by atoms with E-state index >= 15 is 0 Å². The second-order valence-electron chi connectivity index (χ2n) is 4.86. The van der Waals surface area contributed by atoms with Crippen molar-refractivity contribution in [3.8, 4) is 0 Å². The molecule has 0 aromatic heterocycles. The van der Waals surface area contributed by atoms with Gasteiger partial charge in [-0.2, -0.15) is 0 Å². The van der Waals surface area contributed by atoms with Gasteiger partial charge in [0.25, 0.3) is 5.69 Å². The Morgan fingerprint density at radius 2 is 1.87 bits per heavy atom. The lowest BCUT2D eigenvalue weighted by Gasteiger charge is -2.16. The predicted octanol–water partition coefficient (Wildman–Crippen LogP) is 2.74. The van der Waals surface area contributed by atoms with Crippen molar-refractivity contribution < 1.29 is 13.3 Å². The maximum Gasteiger partial charge on any atom is 0.270 e. The fourth-order valence-corrected chi connectivity index (χ4v) is 2.32. The number of hydrogen-bond acceptors (Lipinski definition) is 5. The molecule has 0 heterocycles. The molecule has 0 amide bonds. The summed E-state index contributed by atoms with van der Waals surface area (Å²) in [4.78, 5) is 14.5. The molecule has 7 nitrogen and oxygen atoms in total. The zero-order valence-electron chi connectivity index (χ0n) is 12.6. The maximum absolute atomic E-state index is 11.5. The number of anilines is 1. The number of rotatable bonds is 5. The van der Waals surface area contributed by atoms with E-state index < -0.39 is 14.9 Å². The third-order valence-electron chi connectivity index (χ3n) is 3.13. The molecule has 0 fully saturated rings. The summed E-state index contributed by atoms with van der Waals surface area (Å²) in [5, 5.41) is 10.7. The second-order valence-corrected chi connectivity index (χ2v) is 6.87. The highest BCUT2D eigenvalue weighted by atomic mass is 32.2. The number of nitro benzene ring substituents is 1. The van der Waals surface area contributed by atoms with Crippen LogP contribution in [0.25, 0.3) is 0 Å². The van der Waals surface area contributed by atoms with Gasteiger partial charge in [0.2, 0.25) is 10.0 Å². The molecular formula is C15H15N3O4S. The zero-order chi connectivity index (χ0) is 17.0. The van der Waals surface area contributed by atoms with Gasteiger partial charge in [-0.15, -0.1) is 0 Å². The Morgan fingerprint density at radius 3 is 2.52 bits per heavy atom. The normalized spacial score (nSPS) is 11.6. The molecule has 0 aliphatic heterocycles. The van der Waals surface area contributed by atoms with Gasteiger partial charge in [-0.05, 0) is 23.8 Å². The molecule has 0 bridgehead atoms. The topological polar surface area (TPSA) is 92.9 Å². The van der Waals surface area contributed by atoms with Crippen molar-refractivity contribution in [1.29, 1.82) is 0 Å². The van der Waals surface area contributed by atoms with E-state index in [1.54, 1.807) is 36.4 Å². The quantitative estimate of drug-likeness (QED) is 0.478. The van der Waals surface area contributed by atoms with Crippen LogP contribution in [0.15, 0.2) is 53.5 Å². The summed E-state index contributed by atoms with van der Waals surface area (Å²) in [6.45, 7) is 0. The van der Waals surface area contributed by atoms with Crippen molar-refractivity contribution in [3.05, 3.63) is 64.2 Å². The van der Waals surface area contributed by atoms with Crippen LogP contribution in [0.1, 0.15) is 5.56 Å². The number of nitrogens with zero attached hydrogens (tertiary/aromatic N) is 3. The average molecular weight is 333 g/mol. The average Bonchev–Trinajstić information content (AvgIpc) is 2.52. The first kappa shape index (κ1) is 16.6. The highest BCUT2D eigenvalue weighted by Crippen LogP contribution is 2.22. The van der Waals surface area contributed by atoms with Gasteiger partial charge in [0, 0.05) is 25.4 Å². The van der Waals surface area contributed by atoms with E-state index in [2.05, 4.69) is 4.99 Å². The minimum atomic E-state index is -3.35. The van der Waals surface area contributed by atoms with Crippen LogP contribution in [0.2, 0.25) is 0 Å². The molecule has 2 aromatic rings. The summed E-state index contributed by atoms with van der Waals surface area (Å²) in [5.74, 6) is 0. The van der Waals surface area contributed by atoms with Crippen LogP contribution in [-0.2, 0) is 10.0 Å². The molecular weight excluding hydrogens is 318 g/mol. The smallest absolute Gasteiger partial charge is 0.270 e. The Kier molecular flexibility index (Phi) is 4.75. The van der Waals surface area contributed by atoms with Crippen LogP contribution in [0.5, 0.6) is 0 Å². The van der Waals surface area contributed by atoms with Gasteiger partial charge in [0.1, 0.15) is 0 Å². The molecule has 2 aromatic carbocycles. The number of benzene rings is 2. The highest BCUT2D eigenvalue weighted by molar-refractivity contribution is 7.92. The van der Waals surface area contributed by atoms with Gasteiger partial charge in [0.05, 0.1) is 22.6 Å². The Bertz CT molecular complexity index is 863. The van der Waals surface area contributed by atoms with Gasteiger partial charge in [0.15, 0.2) is 0 Å². The van der Waals surface area contributed by atoms with E-state index in [0.717, 1.165) is 10.6 Å². The van der Waals surface area contributed by atoms with Crippen molar-refractivity contribution in [2.24, 2.45) is 4.99 Å². The number of non-ortho nitro benzene ring substituents is 1. The minimum Gasteiger partial charge on any atom is -0.273 e. The molecule has 2 rings (SSSR count). The first-order chi connectivity index (χ1) is 10.8. The van der Waals surface area contributed by atoms with Gasteiger partial charge in [-0.1, -0.05) is 18.2 Å². The van der Waals surface area contributed by atoms with Gasteiger partial charge in [-0.25, -0.2) is 8.42 Å². The number of nitro groups is 1. The van der Waals surface area contributed by atoms with Gasteiger partial charge in [-0.3, -0.25) is 19.4 Å². The highest BCUT2D eigenvalue weighted by Gasteiger charge is 2.11. The Balaban J connectivity index is 2.27. The summed E-state index contributed by atoms with van der Waals surface area (Å²) in [6, 6.07) is 12.8. The first-order valence-corrected chi connectivity index (χ1v) is 8.45. The standard InChI is InChI=1S/C15H15N3O4S/c1-17(23(2,21)22)14-7-4-6-13(10-14)16-11-12-5-3-8-15(9-12)18(19)20/h3-11H,1-2H3. The molecule has 0 radical (unpaired) electrons. The molecule has 120 valence electrons. The molecule has 0 spiro atoms. The monoisotopic (exact) mass is 333 g/mol. The molecule has 0 N–H and O–H groups in total. The number of sulfonamides is 1. The summed E-state index contributed by atoms with van der Waals surface area (Å²) in [5.41, 5.74) is 1.60. The molecule has 0 aliphatic rings. The Morgan fingerprint density at radius 1 is 1.17 bits per heavy atom. The molecule has 0 saturated heterocycles. The van der Waals surface area contributed by atoms with E-state index in [1.165, 1.54) is 25.4 Å². The van der Waals surface area contributed by atoms with E-state index in [0.29, 0.717) is 16.9 Å². The lowest BCUT2D eigenvalue weighted by atomic mass is 10.2. The Hall–Kier alpha value is -2.74. The third kappa shape index (κ3) is 4.36. The van der Waals surface area contributed by atoms with E-state index in [1.807, 2.05) is 0 Å². The van der Waals surface area contributed by atoms with Crippen LogP contribution >= 0.6 is 0 Å². The molecule has 0 aliphatic carbocycles. The van der Waals surface area contributed by atoms with Crippen LogP contribution in [0, 0.1) is 10.1 Å². The Labute approximate surface area is 134 Å². The van der Waals surface area contributed by atoms with Crippen LogP contribution in [-0.4, -0.2) is 32.9 Å². The van der Waals surface area contributed by atoms with Crippen LogP contribution in [0.3, 0.4) is 0 Å². The van der Waals surface area contributed by atoms with Gasteiger partial charge >= 0.3 is 0 Å². The van der Waals surface area contributed by atoms with Crippen molar-refractivity contribution in [2.75, 3.05) is 17.6 Å². The van der Waals surface area contributed by atoms with Crippen molar-refractivity contribution in [2.45, 2.75) is 0 Å². The lowest BCUT2D eigenvalue weighted by Crippen LogP contribution is -2.24. The molecule has 0 saturated carbocycles. The van der Waals surface area contributed by atoms with Crippen molar-refractivity contribution >= 4 is 33.3 Å². The molecule has 0 unspecified atom stereocenters. The van der Waals surface area contributed by atoms with Crippen LogP contribution < -0.4 is 4.31 Å². The molecule has 0 atom stereocenters. The largest absolute Gasteiger partial charge is 0.273 e. The van der Waals surface area contributed by atoms with Crippen LogP contribution in [0.4, 0.5) is 17.1 Å². The SMILES string of the molecule is CN(c1cccc(N=Cc2cccc([N+](=O)[O-])c2)c1)S(C)(=O)=O. The summed E-state index contributed by atoms with van der Waals surface area (Å²) >= 11 is 0.